The number of halogens is 1. The summed E-state index contributed by atoms with van der Waals surface area (Å²) in [5.74, 6) is -2.03. The molecule has 11 nitrogen and oxygen atoms in total. The minimum absolute atomic E-state index is 0.0124. The van der Waals surface area contributed by atoms with Gasteiger partial charge in [0.15, 0.2) is 17.3 Å². The van der Waals surface area contributed by atoms with E-state index in [-0.39, 0.29) is 33.7 Å². The van der Waals surface area contributed by atoms with Crippen LogP contribution in [0.15, 0.2) is 59.8 Å². The highest BCUT2D eigenvalue weighted by Gasteiger charge is 2.32. The number of esters is 1. The molecule has 1 saturated heterocycles. The Morgan fingerprint density at radius 1 is 1.05 bits per heavy atom. The summed E-state index contributed by atoms with van der Waals surface area (Å²) >= 11 is 0. The van der Waals surface area contributed by atoms with Gasteiger partial charge in [0.05, 0.1) is 31.4 Å². The summed E-state index contributed by atoms with van der Waals surface area (Å²) in [6.07, 6.45) is 2.65. The second kappa shape index (κ2) is 8.99. The first kappa shape index (κ1) is 24.0. The highest BCUT2D eigenvalue weighted by atomic mass is 19.1. The van der Waals surface area contributed by atoms with Crippen LogP contribution in [0.5, 0.6) is 11.5 Å². The number of rotatable bonds is 3. The van der Waals surface area contributed by atoms with Gasteiger partial charge in [0.25, 0.3) is 11.7 Å². The fourth-order valence-corrected chi connectivity index (χ4v) is 5.22. The first-order valence-corrected chi connectivity index (χ1v) is 12.5. The maximum Gasteiger partial charge on any atom is 0.377 e. The first-order chi connectivity index (χ1) is 19.5. The number of benzene rings is 3. The standard InChI is InChI=1S/C28H20FN5O6/c1-38-28(37)26-30-14-34(31-26)23-19(29)12-17-22-25(23)40-20-7-6-15-4-2-3-5-16(15)21(20)33(22)13-18(24(17)35)27(36)32-8-10-39-11-9-32/h2-7,12-14H,8-11H2,1H3. The molecule has 5 aromatic rings. The van der Waals surface area contributed by atoms with Gasteiger partial charge in [0.2, 0.25) is 5.43 Å². The molecule has 2 aliphatic rings. The van der Waals surface area contributed by atoms with Crippen LogP contribution in [0.25, 0.3) is 33.1 Å². The summed E-state index contributed by atoms with van der Waals surface area (Å²) in [7, 11) is 1.18. The number of hydrogen-bond acceptors (Lipinski definition) is 8. The van der Waals surface area contributed by atoms with Crippen LogP contribution >= 0.6 is 0 Å². The van der Waals surface area contributed by atoms with E-state index in [2.05, 4.69) is 14.8 Å². The maximum absolute atomic E-state index is 15.9. The number of methoxy groups -OCH3 is 1. The molecule has 2 aliphatic heterocycles. The van der Waals surface area contributed by atoms with E-state index in [4.69, 9.17) is 9.47 Å². The van der Waals surface area contributed by atoms with E-state index >= 15 is 4.39 Å². The Hall–Kier alpha value is -5.10. The first-order valence-electron chi connectivity index (χ1n) is 12.5. The van der Waals surface area contributed by atoms with Crippen LogP contribution in [-0.2, 0) is 9.47 Å². The number of hydrogen-bond donors (Lipinski definition) is 0. The lowest BCUT2D eigenvalue weighted by molar-refractivity contribution is 0.0301. The van der Waals surface area contributed by atoms with Crippen molar-refractivity contribution in [1.82, 2.24) is 24.2 Å². The largest absolute Gasteiger partial charge is 0.463 e. The third-order valence-corrected chi connectivity index (χ3v) is 7.11. The fraction of sp³-hybridized carbons (Fsp3) is 0.179. The molecular weight excluding hydrogens is 521 g/mol. The van der Waals surface area contributed by atoms with Crippen molar-refractivity contribution in [2.24, 2.45) is 0 Å². The lowest BCUT2D eigenvalue weighted by Crippen LogP contribution is -2.42. The van der Waals surface area contributed by atoms with E-state index < -0.39 is 23.1 Å². The van der Waals surface area contributed by atoms with Crippen LogP contribution < -0.4 is 10.2 Å². The van der Waals surface area contributed by atoms with Crippen LogP contribution in [0, 0.1) is 5.82 Å². The monoisotopic (exact) mass is 541 g/mol. The number of carbonyl (C=O) groups is 2. The molecule has 0 N–H and O–H groups in total. The third-order valence-electron chi connectivity index (χ3n) is 7.11. The summed E-state index contributed by atoms with van der Waals surface area (Å²) < 4.78 is 34.9. The topological polar surface area (TPSA) is 118 Å². The minimum atomic E-state index is -0.854. The Kier molecular flexibility index (Phi) is 5.39. The van der Waals surface area contributed by atoms with Crippen molar-refractivity contribution >= 4 is 33.6 Å². The average molecular weight is 541 g/mol. The Labute approximate surface area is 224 Å². The van der Waals surface area contributed by atoms with Crippen molar-refractivity contribution in [2.45, 2.75) is 0 Å². The highest BCUT2D eigenvalue weighted by Crippen LogP contribution is 2.46. The predicted octanol–water partition coefficient (Wildman–Crippen LogP) is 3.23. The van der Waals surface area contributed by atoms with E-state index in [1.807, 2.05) is 30.3 Å². The zero-order chi connectivity index (χ0) is 27.5. The molecule has 4 heterocycles. The molecule has 0 radical (unpaired) electrons. The number of morpholine rings is 1. The van der Waals surface area contributed by atoms with E-state index in [1.54, 1.807) is 15.5 Å². The van der Waals surface area contributed by atoms with Crippen molar-refractivity contribution in [2.75, 3.05) is 33.4 Å². The molecular formula is C28H20FN5O6. The summed E-state index contributed by atoms with van der Waals surface area (Å²) in [6, 6.07) is 12.3. The van der Waals surface area contributed by atoms with E-state index in [0.717, 1.165) is 27.8 Å². The van der Waals surface area contributed by atoms with Crippen LogP contribution in [0.3, 0.4) is 0 Å². The number of aromatic nitrogens is 4. The van der Waals surface area contributed by atoms with Crippen molar-refractivity contribution in [3.63, 3.8) is 0 Å². The van der Waals surface area contributed by atoms with Gasteiger partial charge < -0.3 is 23.7 Å². The molecule has 2 aromatic heterocycles. The molecule has 200 valence electrons. The van der Waals surface area contributed by atoms with Gasteiger partial charge in [-0.2, -0.15) is 0 Å². The molecule has 0 unspecified atom stereocenters. The maximum atomic E-state index is 15.9. The number of amides is 1. The Morgan fingerprint density at radius 2 is 1.85 bits per heavy atom. The van der Waals surface area contributed by atoms with Gasteiger partial charge in [0, 0.05) is 24.7 Å². The molecule has 40 heavy (non-hydrogen) atoms. The molecule has 0 aliphatic carbocycles. The number of nitrogens with zero attached hydrogens (tertiary/aromatic N) is 5. The zero-order valence-corrected chi connectivity index (χ0v) is 21.1. The van der Waals surface area contributed by atoms with Gasteiger partial charge >= 0.3 is 5.97 Å². The quantitative estimate of drug-likeness (QED) is 0.314. The molecule has 0 atom stereocenters. The zero-order valence-electron chi connectivity index (χ0n) is 21.1. The van der Waals surface area contributed by atoms with Crippen LogP contribution in [-0.4, -0.2) is 69.5 Å². The summed E-state index contributed by atoms with van der Waals surface area (Å²) in [4.78, 5) is 44.7. The summed E-state index contributed by atoms with van der Waals surface area (Å²) in [6.45, 7) is 1.41. The third kappa shape index (κ3) is 3.49. The van der Waals surface area contributed by atoms with Crippen molar-refractivity contribution in [3.05, 3.63) is 82.4 Å². The van der Waals surface area contributed by atoms with E-state index in [1.165, 1.54) is 13.3 Å². The van der Waals surface area contributed by atoms with Gasteiger partial charge in [-0.15, -0.1) is 5.10 Å². The molecule has 1 fully saturated rings. The number of fused-ring (bicyclic) bond motifs is 4. The SMILES string of the molecule is COC(=O)c1ncn(-c2c(F)cc3c(=O)c(C(=O)N4CCOCC4)cn4c3c2Oc2ccc3ccccc3c2-4)n1. The normalized spacial score (nSPS) is 14.2. The molecule has 12 heteroatoms. The summed E-state index contributed by atoms with van der Waals surface area (Å²) in [5, 5.41) is 5.74. The van der Waals surface area contributed by atoms with Crippen LogP contribution in [0.4, 0.5) is 4.39 Å². The van der Waals surface area contributed by atoms with E-state index in [9.17, 15) is 14.4 Å². The second-order valence-electron chi connectivity index (χ2n) is 9.32. The summed E-state index contributed by atoms with van der Waals surface area (Å²) in [5.41, 5.74) is -0.0381. The lowest BCUT2D eigenvalue weighted by atomic mass is 10.0. The molecule has 0 bridgehead atoms. The fourth-order valence-electron chi connectivity index (χ4n) is 5.22. The molecule has 0 spiro atoms. The second-order valence-corrected chi connectivity index (χ2v) is 9.32. The van der Waals surface area contributed by atoms with Crippen LogP contribution in [0.1, 0.15) is 21.0 Å². The molecule has 3 aromatic carbocycles. The minimum Gasteiger partial charge on any atom is -0.463 e. The average Bonchev–Trinajstić information content (AvgIpc) is 3.47. The van der Waals surface area contributed by atoms with Gasteiger partial charge in [-0.05, 0) is 17.5 Å². The Bertz CT molecular complexity index is 1940. The van der Waals surface area contributed by atoms with E-state index in [0.29, 0.717) is 37.7 Å². The van der Waals surface area contributed by atoms with Gasteiger partial charge in [0.1, 0.15) is 23.1 Å². The van der Waals surface area contributed by atoms with Gasteiger partial charge in [-0.3, -0.25) is 9.59 Å². The predicted molar refractivity (Wildman–Crippen MR) is 140 cm³/mol. The molecule has 7 rings (SSSR count). The lowest BCUT2D eigenvalue weighted by Gasteiger charge is -2.29. The van der Waals surface area contributed by atoms with Crippen molar-refractivity contribution in [3.8, 4) is 22.9 Å². The van der Waals surface area contributed by atoms with Crippen LogP contribution in [0.2, 0.25) is 0 Å². The van der Waals surface area contributed by atoms with Gasteiger partial charge in [-0.1, -0.05) is 30.3 Å². The molecule has 1 amide bonds. The Morgan fingerprint density at radius 3 is 2.65 bits per heavy atom. The number of carbonyl (C=O) groups excluding carboxylic acids is 2. The van der Waals surface area contributed by atoms with Crippen molar-refractivity contribution < 1.29 is 28.2 Å². The smallest absolute Gasteiger partial charge is 0.377 e. The van der Waals surface area contributed by atoms with Crippen molar-refractivity contribution in [1.29, 1.82) is 0 Å². The highest BCUT2D eigenvalue weighted by molar-refractivity contribution is 6.03. The Balaban J connectivity index is 1.55. The number of pyridine rings is 1. The molecule has 0 saturated carbocycles. The van der Waals surface area contributed by atoms with Gasteiger partial charge in [-0.25, -0.2) is 18.9 Å². The number of ether oxygens (including phenoxy) is 3.